The fourth-order valence-corrected chi connectivity index (χ4v) is 1.15. The van der Waals surface area contributed by atoms with Crippen LogP contribution >= 0.6 is 0 Å². The summed E-state index contributed by atoms with van der Waals surface area (Å²) in [6.07, 6.45) is 0.901. The van der Waals surface area contributed by atoms with Crippen molar-refractivity contribution >= 4 is 10.1 Å². The van der Waals surface area contributed by atoms with Crippen molar-refractivity contribution in [1.29, 1.82) is 0 Å². The number of benzene rings is 1. The van der Waals surface area contributed by atoms with Crippen LogP contribution in [0.5, 0.6) is 5.75 Å². The second kappa shape index (κ2) is 3.10. The monoisotopic (exact) mass is 190 g/mol. The third-order valence-corrected chi connectivity index (χ3v) is 1.54. The minimum absolute atomic E-state index is 0.0162. The third-order valence-electron chi connectivity index (χ3n) is 1.04. The molecule has 0 aliphatic carbocycles. The number of hydrogen-bond acceptors (Lipinski definition) is 3. The van der Waals surface area contributed by atoms with Gasteiger partial charge in [-0.25, -0.2) is 4.39 Å². The summed E-state index contributed by atoms with van der Waals surface area (Å²) in [5.41, 5.74) is 0. The first kappa shape index (κ1) is 8.99. The minimum atomic E-state index is -3.56. The van der Waals surface area contributed by atoms with Crippen LogP contribution in [0.4, 0.5) is 4.39 Å². The Morgan fingerprint density at radius 2 is 2.08 bits per heavy atom. The summed E-state index contributed by atoms with van der Waals surface area (Å²) in [6.45, 7) is 0. The average Bonchev–Trinajstić information content (AvgIpc) is 1.82. The Labute approximate surface area is 69.9 Å². The van der Waals surface area contributed by atoms with E-state index in [1.165, 1.54) is 18.2 Å². The summed E-state index contributed by atoms with van der Waals surface area (Å²) in [5.74, 6) is -0.548. The van der Waals surface area contributed by atoms with Crippen LogP contribution < -0.4 is 4.18 Å². The van der Waals surface area contributed by atoms with Gasteiger partial charge in [-0.1, -0.05) is 6.07 Å². The SMILES string of the molecule is CS(=O)(=O)Oc1cccc(F)c1. The molecule has 5 heteroatoms. The van der Waals surface area contributed by atoms with Crippen LogP contribution in [0.15, 0.2) is 24.3 Å². The van der Waals surface area contributed by atoms with Crippen LogP contribution in [0, 0.1) is 5.82 Å². The zero-order valence-electron chi connectivity index (χ0n) is 6.32. The molecule has 3 nitrogen and oxygen atoms in total. The van der Waals surface area contributed by atoms with Crippen molar-refractivity contribution in [2.75, 3.05) is 6.26 Å². The third kappa shape index (κ3) is 2.87. The van der Waals surface area contributed by atoms with E-state index in [0.29, 0.717) is 0 Å². The van der Waals surface area contributed by atoms with Crippen LogP contribution in [0.2, 0.25) is 0 Å². The van der Waals surface area contributed by atoms with E-state index in [9.17, 15) is 12.8 Å². The molecule has 0 amide bonds. The Hall–Kier alpha value is -1.10. The summed E-state index contributed by atoms with van der Waals surface area (Å²) in [7, 11) is -3.56. The van der Waals surface area contributed by atoms with E-state index in [0.717, 1.165) is 12.3 Å². The van der Waals surface area contributed by atoms with Crippen molar-refractivity contribution in [2.45, 2.75) is 0 Å². The van der Waals surface area contributed by atoms with E-state index in [-0.39, 0.29) is 5.75 Å². The lowest BCUT2D eigenvalue weighted by Gasteiger charge is -2.00. The van der Waals surface area contributed by atoms with Crippen LogP contribution in [0.25, 0.3) is 0 Å². The molecule has 0 bridgehead atoms. The summed E-state index contributed by atoms with van der Waals surface area (Å²) in [6, 6.07) is 4.94. The molecule has 0 aromatic heterocycles. The van der Waals surface area contributed by atoms with Crippen LogP contribution in [-0.4, -0.2) is 14.7 Å². The Balaban J connectivity index is 2.91. The van der Waals surface area contributed by atoms with Gasteiger partial charge in [-0.05, 0) is 12.1 Å². The molecular formula is C7H7FO3S. The van der Waals surface area contributed by atoms with Crippen molar-refractivity contribution < 1.29 is 17.0 Å². The smallest absolute Gasteiger partial charge is 0.306 e. The molecule has 0 atom stereocenters. The van der Waals surface area contributed by atoms with Crippen LogP contribution in [-0.2, 0) is 10.1 Å². The Kier molecular flexibility index (Phi) is 2.32. The first-order valence-electron chi connectivity index (χ1n) is 3.12. The molecule has 0 radical (unpaired) electrons. The van der Waals surface area contributed by atoms with Gasteiger partial charge >= 0.3 is 10.1 Å². The molecule has 0 fully saturated rings. The predicted octanol–water partition coefficient (Wildman–Crippen LogP) is 1.16. The lowest BCUT2D eigenvalue weighted by molar-refractivity contribution is 0.490. The van der Waals surface area contributed by atoms with Gasteiger partial charge in [0.1, 0.15) is 11.6 Å². The molecule has 0 spiro atoms. The molecule has 0 aliphatic heterocycles. The largest absolute Gasteiger partial charge is 0.382 e. The van der Waals surface area contributed by atoms with Gasteiger partial charge in [0.2, 0.25) is 0 Å². The fourth-order valence-electron chi connectivity index (χ4n) is 0.694. The van der Waals surface area contributed by atoms with Gasteiger partial charge in [-0.3, -0.25) is 0 Å². The summed E-state index contributed by atoms with van der Waals surface area (Å²) >= 11 is 0. The van der Waals surface area contributed by atoms with Crippen molar-refractivity contribution in [3.05, 3.63) is 30.1 Å². The molecule has 0 saturated heterocycles. The minimum Gasteiger partial charge on any atom is -0.382 e. The second-order valence-electron chi connectivity index (χ2n) is 2.24. The van der Waals surface area contributed by atoms with Crippen molar-refractivity contribution in [3.8, 4) is 5.75 Å². The molecule has 0 unspecified atom stereocenters. The molecular weight excluding hydrogens is 183 g/mol. The van der Waals surface area contributed by atoms with E-state index in [2.05, 4.69) is 4.18 Å². The molecule has 0 heterocycles. The highest BCUT2D eigenvalue weighted by atomic mass is 32.2. The number of rotatable bonds is 2. The van der Waals surface area contributed by atoms with Crippen molar-refractivity contribution in [3.63, 3.8) is 0 Å². The molecule has 1 aromatic carbocycles. The molecule has 1 aromatic rings. The zero-order valence-corrected chi connectivity index (χ0v) is 7.14. The summed E-state index contributed by atoms with van der Waals surface area (Å²) in [5, 5.41) is 0. The highest BCUT2D eigenvalue weighted by Gasteiger charge is 2.03. The molecule has 0 aliphatic rings. The summed E-state index contributed by atoms with van der Waals surface area (Å²) < 4.78 is 38.0. The summed E-state index contributed by atoms with van der Waals surface area (Å²) in [4.78, 5) is 0. The molecule has 1 rings (SSSR count). The van der Waals surface area contributed by atoms with Gasteiger partial charge in [0.25, 0.3) is 0 Å². The maximum absolute atomic E-state index is 12.5. The van der Waals surface area contributed by atoms with Crippen molar-refractivity contribution in [1.82, 2.24) is 0 Å². The molecule has 12 heavy (non-hydrogen) atoms. The fraction of sp³-hybridized carbons (Fsp3) is 0.143. The van der Waals surface area contributed by atoms with Gasteiger partial charge in [0.05, 0.1) is 6.26 Å². The second-order valence-corrected chi connectivity index (χ2v) is 3.82. The Morgan fingerprint density at radius 3 is 2.58 bits per heavy atom. The quantitative estimate of drug-likeness (QED) is 0.657. The van der Waals surface area contributed by atoms with E-state index in [4.69, 9.17) is 0 Å². The number of hydrogen-bond donors (Lipinski definition) is 0. The highest BCUT2D eigenvalue weighted by Crippen LogP contribution is 2.13. The van der Waals surface area contributed by atoms with E-state index in [1.54, 1.807) is 0 Å². The Morgan fingerprint density at radius 1 is 1.42 bits per heavy atom. The lowest BCUT2D eigenvalue weighted by atomic mass is 10.3. The van der Waals surface area contributed by atoms with E-state index >= 15 is 0 Å². The van der Waals surface area contributed by atoms with Gasteiger partial charge < -0.3 is 4.18 Å². The first-order chi connectivity index (χ1) is 5.47. The molecule has 66 valence electrons. The van der Waals surface area contributed by atoms with Gasteiger partial charge in [-0.15, -0.1) is 0 Å². The van der Waals surface area contributed by atoms with E-state index < -0.39 is 15.9 Å². The maximum Gasteiger partial charge on any atom is 0.306 e. The van der Waals surface area contributed by atoms with Crippen molar-refractivity contribution in [2.24, 2.45) is 0 Å². The van der Waals surface area contributed by atoms with Gasteiger partial charge in [0, 0.05) is 6.07 Å². The Bertz CT molecular complexity index is 372. The molecule has 0 N–H and O–H groups in total. The first-order valence-corrected chi connectivity index (χ1v) is 4.94. The standard InChI is InChI=1S/C7H7FO3S/c1-12(9,10)11-7-4-2-3-6(8)5-7/h2-5H,1H3. The zero-order chi connectivity index (χ0) is 9.19. The van der Waals surface area contributed by atoms with Gasteiger partial charge in [-0.2, -0.15) is 8.42 Å². The maximum atomic E-state index is 12.5. The predicted molar refractivity (Wildman–Crippen MR) is 41.9 cm³/mol. The topological polar surface area (TPSA) is 43.4 Å². The normalized spacial score (nSPS) is 11.2. The lowest BCUT2D eigenvalue weighted by Crippen LogP contribution is -2.05. The van der Waals surface area contributed by atoms with Gasteiger partial charge in [0.15, 0.2) is 0 Å². The highest BCUT2D eigenvalue weighted by molar-refractivity contribution is 7.86. The molecule has 0 saturated carbocycles. The van der Waals surface area contributed by atoms with Crippen LogP contribution in [0.1, 0.15) is 0 Å². The number of halogens is 1. The average molecular weight is 190 g/mol. The van der Waals surface area contributed by atoms with E-state index in [1.807, 2.05) is 0 Å². The van der Waals surface area contributed by atoms with Crippen LogP contribution in [0.3, 0.4) is 0 Å².